The Morgan fingerprint density at radius 3 is 2.70 bits per heavy atom. The van der Waals surface area contributed by atoms with E-state index >= 15 is 0 Å². The highest BCUT2D eigenvalue weighted by Gasteiger charge is 2.09. The fourth-order valence-corrected chi connectivity index (χ4v) is 3.80. The zero-order valence-electron chi connectivity index (χ0n) is 16.9. The fourth-order valence-electron chi connectivity index (χ4n) is 3.17. The molecule has 0 saturated carbocycles. The van der Waals surface area contributed by atoms with E-state index in [4.69, 9.17) is 0 Å². The first-order valence-electron chi connectivity index (χ1n) is 9.63. The summed E-state index contributed by atoms with van der Waals surface area (Å²) in [6.07, 6.45) is 5.67. The number of pyridine rings is 1. The summed E-state index contributed by atoms with van der Waals surface area (Å²) in [5.74, 6) is -0.108. The van der Waals surface area contributed by atoms with Gasteiger partial charge in [0.05, 0.1) is 23.6 Å². The monoisotopic (exact) mass is 414 g/mol. The zero-order valence-corrected chi connectivity index (χ0v) is 17.7. The van der Waals surface area contributed by atoms with Crippen molar-refractivity contribution in [1.82, 2.24) is 20.1 Å². The maximum Gasteiger partial charge on any atom is 0.251 e. The van der Waals surface area contributed by atoms with E-state index in [1.165, 1.54) is 5.56 Å². The average molecular weight is 415 g/mol. The van der Waals surface area contributed by atoms with Gasteiger partial charge in [0.15, 0.2) is 0 Å². The van der Waals surface area contributed by atoms with E-state index in [0.717, 1.165) is 27.5 Å². The normalized spacial score (nSPS) is 10.7. The van der Waals surface area contributed by atoms with Crippen LogP contribution in [0.4, 0.5) is 0 Å². The number of carbonyl (C=O) groups excluding carboxylic acids is 1. The number of benzene rings is 2. The van der Waals surface area contributed by atoms with Crippen molar-refractivity contribution in [2.45, 2.75) is 18.4 Å². The number of amides is 1. The van der Waals surface area contributed by atoms with Crippen molar-refractivity contribution in [3.63, 3.8) is 0 Å². The smallest absolute Gasteiger partial charge is 0.251 e. The van der Waals surface area contributed by atoms with Gasteiger partial charge in [-0.25, -0.2) is 4.68 Å². The molecule has 2 aromatic heterocycles. The second-order valence-corrected chi connectivity index (χ2v) is 7.73. The summed E-state index contributed by atoms with van der Waals surface area (Å²) in [6, 6.07) is 21.6. The molecule has 6 heteroatoms. The van der Waals surface area contributed by atoms with Gasteiger partial charge in [-0.3, -0.25) is 9.78 Å². The molecule has 150 valence electrons. The largest absolute Gasteiger partial charge is 0.346 e. The van der Waals surface area contributed by atoms with Gasteiger partial charge in [0.1, 0.15) is 0 Å². The molecule has 0 radical (unpaired) electrons. The molecule has 30 heavy (non-hydrogen) atoms. The van der Waals surface area contributed by atoms with Crippen LogP contribution in [-0.2, 0) is 6.54 Å². The molecule has 0 spiro atoms. The Hall–Kier alpha value is -3.38. The van der Waals surface area contributed by atoms with Crippen LogP contribution in [0.1, 0.15) is 21.6 Å². The molecule has 4 aromatic rings. The minimum absolute atomic E-state index is 0.108. The van der Waals surface area contributed by atoms with Crippen LogP contribution < -0.4 is 5.32 Å². The molecule has 0 aliphatic heterocycles. The summed E-state index contributed by atoms with van der Waals surface area (Å²) >= 11 is 1.64. The van der Waals surface area contributed by atoms with Gasteiger partial charge in [-0.15, -0.1) is 11.8 Å². The van der Waals surface area contributed by atoms with E-state index < -0.39 is 0 Å². The Morgan fingerprint density at radius 2 is 1.90 bits per heavy atom. The Kier molecular flexibility index (Phi) is 5.95. The van der Waals surface area contributed by atoms with Crippen LogP contribution in [0, 0.1) is 6.92 Å². The van der Waals surface area contributed by atoms with Crippen LogP contribution in [0.3, 0.4) is 0 Å². The summed E-state index contributed by atoms with van der Waals surface area (Å²) in [5, 5.41) is 7.62. The van der Waals surface area contributed by atoms with E-state index in [1.807, 2.05) is 90.8 Å². The number of aromatic nitrogens is 3. The number of hydrogen-bond donors (Lipinski definition) is 1. The van der Waals surface area contributed by atoms with Gasteiger partial charge in [0.25, 0.3) is 5.91 Å². The third kappa shape index (κ3) is 4.44. The minimum atomic E-state index is -0.108. The van der Waals surface area contributed by atoms with Crippen LogP contribution in [-0.4, -0.2) is 26.9 Å². The highest BCUT2D eigenvalue weighted by atomic mass is 32.2. The maximum absolute atomic E-state index is 12.5. The number of hydrogen-bond acceptors (Lipinski definition) is 4. The first kappa shape index (κ1) is 19.9. The molecule has 0 fully saturated rings. The van der Waals surface area contributed by atoms with Gasteiger partial charge in [-0.05, 0) is 49.1 Å². The van der Waals surface area contributed by atoms with E-state index in [0.29, 0.717) is 12.1 Å². The van der Waals surface area contributed by atoms with Crippen molar-refractivity contribution in [2.24, 2.45) is 0 Å². The van der Waals surface area contributed by atoms with Gasteiger partial charge in [0, 0.05) is 28.4 Å². The molecule has 0 saturated heterocycles. The Morgan fingerprint density at radius 1 is 1.07 bits per heavy atom. The summed E-state index contributed by atoms with van der Waals surface area (Å²) in [4.78, 5) is 18.0. The van der Waals surface area contributed by atoms with E-state index in [-0.39, 0.29) is 5.91 Å². The molecule has 5 nitrogen and oxygen atoms in total. The number of nitrogens with zero attached hydrogens (tertiary/aromatic N) is 3. The Balaban J connectivity index is 1.46. The third-order valence-corrected chi connectivity index (χ3v) is 5.70. The maximum atomic E-state index is 12.5. The number of rotatable bonds is 6. The van der Waals surface area contributed by atoms with Crippen molar-refractivity contribution < 1.29 is 4.79 Å². The molecule has 2 heterocycles. The minimum Gasteiger partial charge on any atom is -0.346 e. The molecule has 0 atom stereocenters. The molecule has 1 amide bonds. The van der Waals surface area contributed by atoms with Gasteiger partial charge in [0.2, 0.25) is 0 Å². The molecule has 2 aromatic carbocycles. The van der Waals surface area contributed by atoms with Crippen molar-refractivity contribution in [1.29, 1.82) is 0 Å². The standard InChI is InChI=1S/C24H22N4OS/c1-17-8-9-19(14-23(17)30-2)24(29)26-16-20-15-21(10-12-25-20)28-13-11-22(27-28)18-6-4-3-5-7-18/h3-15H,16H2,1-2H3,(H,26,29). The van der Waals surface area contributed by atoms with Crippen molar-refractivity contribution >= 4 is 17.7 Å². The van der Waals surface area contributed by atoms with Crippen LogP contribution in [0.5, 0.6) is 0 Å². The van der Waals surface area contributed by atoms with Gasteiger partial charge in [-0.2, -0.15) is 5.10 Å². The molecule has 4 rings (SSSR count). The zero-order chi connectivity index (χ0) is 20.9. The van der Waals surface area contributed by atoms with Crippen LogP contribution >= 0.6 is 11.8 Å². The first-order valence-corrected chi connectivity index (χ1v) is 10.9. The van der Waals surface area contributed by atoms with E-state index in [2.05, 4.69) is 15.4 Å². The molecule has 1 N–H and O–H groups in total. The van der Waals surface area contributed by atoms with Crippen molar-refractivity contribution in [2.75, 3.05) is 6.26 Å². The quantitative estimate of drug-likeness (QED) is 0.456. The number of thioether (sulfide) groups is 1. The van der Waals surface area contributed by atoms with Gasteiger partial charge >= 0.3 is 0 Å². The lowest BCUT2D eigenvalue weighted by atomic mass is 10.1. The predicted octanol–water partition coefficient (Wildman–Crippen LogP) is 4.89. The van der Waals surface area contributed by atoms with Crippen LogP contribution in [0.2, 0.25) is 0 Å². The van der Waals surface area contributed by atoms with Crippen LogP contribution in [0.15, 0.2) is 84.0 Å². The highest BCUT2D eigenvalue weighted by Crippen LogP contribution is 2.21. The van der Waals surface area contributed by atoms with Gasteiger partial charge < -0.3 is 5.32 Å². The summed E-state index contributed by atoms with van der Waals surface area (Å²) in [7, 11) is 0. The lowest BCUT2D eigenvalue weighted by Gasteiger charge is -2.09. The number of aryl methyl sites for hydroxylation is 1. The van der Waals surface area contributed by atoms with E-state index in [9.17, 15) is 4.79 Å². The van der Waals surface area contributed by atoms with Crippen molar-refractivity contribution in [3.05, 3.63) is 95.9 Å². The second kappa shape index (κ2) is 8.97. The SMILES string of the molecule is CSc1cc(C(=O)NCc2cc(-n3ccc(-c4ccccc4)n3)ccn2)ccc1C. The highest BCUT2D eigenvalue weighted by molar-refractivity contribution is 7.98. The van der Waals surface area contributed by atoms with Crippen molar-refractivity contribution in [3.8, 4) is 16.9 Å². The van der Waals surface area contributed by atoms with Gasteiger partial charge in [-0.1, -0.05) is 36.4 Å². The summed E-state index contributed by atoms with van der Waals surface area (Å²) in [6.45, 7) is 2.39. The molecular weight excluding hydrogens is 392 g/mol. The second-order valence-electron chi connectivity index (χ2n) is 6.88. The first-order chi connectivity index (χ1) is 14.6. The molecular formula is C24H22N4OS. The average Bonchev–Trinajstić information content (AvgIpc) is 3.29. The summed E-state index contributed by atoms with van der Waals surface area (Å²) in [5.41, 5.74) is 5.47. The number of nitrogens with one attached hydrogen (secondary N) is 1. The van der Waals surface area contributed by atoms with Crippen LogP contribution in [0.25, 0.3) is 16.9 Å². The fraction of sp³-hybridized carbons (Fsp3) is 0.125. The molecule has 0 aliphatic rings. The topological polar surface area (TPSA) is 59.8 Å². The molecule has 0 unspecified atom stereocenters. The molecule has 0 aliphatic carbocycles. The predicted molar refractivity (Wildman–Crippen MR) is 121 cm³/mol. The Bertz CT molecular complexity index is 1170. The lowest BCUT2D eigenvalue weighted by Crippen LogP contribution is -2.23. The third-order valence-electron chi connectivity index (χ3n) is 4.82. The van der Waals surface area contributed by atoms with E-state index in [1.54, 1.807) is 18.0 Å². The lowest BCUT2D eigenvalue weighted by molar-refractivity contribution is 0.0950. The summed E-state index contributed by atoms with van der Waals surface area (Å²) < 4.78 is 1.82. The number of carbonyl (C=O) groups is 1. The molecule has 0 bridgehead atoms. The Labute approximate surface area is 180 Å².